The fraction of sp³-hybridized carbons (Fsp3) is 0.391. The third kappa shape index (κ3) is 6.41. The summed E-state index contributed by atoms with van der Waals surface area (Å²) in [7, 11) is 0. The van der Waals surface area contributed by atoms with E-state index in [9.17, 15) is 14.7 Å². The van der Waals surface area contributed by atoms with Crippen molar-refractivity contribution in [2.75, 3.05) is 6.61 Å². The minimum atomic E-state index is -1.01. The van der Waals surface area contributed by atoms with E-state index in [1.807, 2.05) is 31.2 Å². The molecule has 150 valence electrons. The Kier molecular flexibility index (Phi) is 8.53. The molecule has 0 saturated heterocycles. The normalized spacial score (nSPS) is 11.6. The minimum absolute atomic E-state index is 0.161. The molecule has 5 heteroatoms. The van der Waals surface area contributed by atoms with Gasteiger partial charge in [-0.15, -0.1) is 0 Å². The number of carboxylic acid groups (broad SMARTS) is 1. The van der Waals surface area contributed by atoms with Crippen LogP contribution in [-0.2, 0) is 0 Å². The minimum Gasteiger partial charge on any atom is -0.494 e. The third-order valence-electron chi connectivity index (χ3n) is 4.58. The number of rotatable bonds is 11. The topological polar surface area (TPSA) is 75.6 Å². The van der Waals surface area contributed by atoms with Crippen LogP contribution in [0.4, 0.5) is 0 Å². The van der Waals surface area contributed by atoms with Gasteiger partial charge >= 0.3 is 5.97 Å². The van der Waals surface area contributed by atoms with Gasteiger partial charge in [0.1, 0.15) is 5.75 Å². The molecular weight excluding hydrogens is 354 g/mol. The molecule has 0 aliphatic heterocycles. The highest BCUT2D eigenvalue weighted by molar-refractivity contribution is 5.94. The van der Waals surface area contributed by atoms with E-state index in [0.717, 1.165) is 37.7 Å². The van der Waals surface area contributed by atoms with Crippen LogP contribution >= 0.6 is 0 Å². The smallest absolute Gasteiger partial charge is 0.335 e. The van der Waals surface area contributed by atoms with Gasteiger partial charge in [0.05, 0.1) is 18.2 Å². The summed E-state index contributed by atoms with van der Waals surface area (Å²) in [6, 6.07) is 13.7. The van der Waals surface area contributed by atoms with Crippen molar-refractivity contribution in [3.05, 3.63) is 65.2 Å². The molecular formula is C23H29NO4. The maximum absolute atomic E-state index is 12.7. The van der Waals surface area contributed by atoms with Crippen molar-refractivity contribution in [2.45, 2.75) is 52.0 Å². The van der Waals surface area contributed by atoms with Crippen LogP contribution in [0, 0.1) is 0 Å². The van der Waals surface area contributed by atoms with Gasteiger partial charge in [-0.1, -0.05) is 50.8 Å². The van der Waals surface area contributed by atoms with Crippen LogP contribution < -0.4 is 10.1 Å². The number of ether oxygens (including phenoxy) is 1. The lowest BCUT2D eigenvalue weighted by atomic mass is 9.97. The number of carbonyl (C=O) groups is 2. The van der Waals surface area contributed by atoms with Crippen molar-refractivity contribution in [1.29, 1.82) is 0 Å². The van der Waals surface area contributed by atoms with Crippen molar-refractivity contribution < 1.29 is 19.4 Å². The Morgan fingerprint density at radius 3 is 2.39 bits per heavy atom. The molecule has 1 atom stereocenters. The molecule has 0 aliphatic rings. The first kappa shape index (κ1) is 21.5. The molecule has 1 amide bonds. The van der Waals surface area contributed by atoms with Crippen LogP contribution in [0.15, 0.2) is 48.5 Å². The third-order valence-corrected chi connectivity index (χ3v) is 4.58. The van der Waals surface area contributed by atoms with Crippen LogP contribution in [0.1, 0.15) is 78.3 Å². The van der Waals surface area contributed by atoms with Crippen LogP contribution in [0.5, 0.6) is 5.75 Å². The van der Waals surface area contributed by atoms with Crippen molar-refractivity contribution in [3.8, 4) is 5.75 Å². The van der Waals surface area contributed by atoms with Gasteiger partial charge in [0.15, 0.2) is 0 Å². The van der Waals surface area contributed by atoms with E-state index < -0.39 is 5.97 Å². The van der Waals surface area contributed by atoms with E-state index >= 15 is 0 Å². The fourth-order valence-electron chi connectivity index (χ4n) is 3.13. The van der Waals surface area contributed by atoms with Crippen molar-refractivity contribution in [2.24, 2.45) is 0 Å². The maximum atomic E-state index is 12.7. The zero-order valence-electron chi connectivity index (χ0n) is 16.6. The maximum Gasteiger partial charge on any atom is 0.335 e. The number of hydrogen-bond donors (Lipinski definition) is 2. The van der Waals surface area contributed by atoms with E-state index in [1.165, 1.54) is 6.07 Å². The molecule has 2 aromatic rings. The van der Waals surface area contributed by atoms with Gasteiger partial charge in [-0.25, -0.2) is 4.79 Å². The van der Waals surface area contributed by atoms with Crippen molar-refractivity contribution in [3.63, 3.8) is 0 Å². The Morgan fingerprint density at radius 2 is 1.75 bits per heavy atom. The average molecular weight is 383 g/mol. The quantitative estimate of drug-likeness (QED) is 0.521. The van der Waals surface area contributed by atoms with E-state index in [4.69, 9.17) is 4.74 Å². The second-order valence-electron chi connectivity index (χ2n) is 6.77. The number of nitrogens with one attached hydrogen (secondary N) is 1. The number of hydrogen-bond acceptors (Lipinski definition) is 3. The standard InChI is InChI=1S/C23H29NO4/c1-3-5-6-10-13-21(24-22(25)17-11-8-7-9-12-17)18-14-19(23(26)27)16-20(15-18)28-4-2/h7-9,11-12,14-16,21H,3-6,10,13H2,1-2H3,(H,24,25)(H,26,27). The van der Waals surface area contributed by atoms with Gasteiger partial charge in [0, 0.05) is 5.56 Å². The Hall–Kier alpha value is -2.82. The number of amides is 1. The lowest BCUT2D eigenvalue weighted by molar-refractivity contribution is 0.0696. The summed E-state index contributed by atoms with van der Waals surface area (Å²) in [5.74, 6) is -0.674. The number of carbonyl (C=O) groups excluding carboxylic acids is 1. The zero-order chi connectivity index (χ0) is 20.4. The first-order valence-electron chi connectivity index (χ1n) is 9.92. The Bertz CT molecular complexity index is 773. The van der Waals surface area contributed by atoms with Crippen molar-refractivity contribution in [1.82, 2.24) is 5.32 Å². The van der Waals surface area contributed by atoms with Gasteiger partial charge in [0.2, 0.25) is 0 Å². The monoisotopic (exact) mass is 383 g/mol. The van der Waals surface area contributed by atoms with E-state index in [-0.39, 0.29) is 17.5 Å². The summed E-state index contributed by atoms with van der Waals surface area (Å²) in [6.07, 6.45) is 5.04. The Morgan fingerprint density at radius 1 is 1.00 bits per heavy atom. The summed E-state index contributed by atoms with van der Waals surface area (Å²) in [5, 5.41) is 12.5. The van der Waals surface area contributed by atoms with Crippen LogP contribution in [0.2, 0.25) is 0 Å². The summed E-state index contributed by atoms with van der Waals surface area (Å²) in [6.45, 7) is 4.45. The number of benzene rings is 2. The first-order valence-corrected chi connectivity index (χ1v) is 9.92. The van der Waals surface area contributed by atoms with Crippen LogP contribution in [0.3, 0.4) is 0 Å². The molecule has 28 heavy (non-hydrogen) atoms. The molecule has 0 fully saturated rings. The molecule has 0 saturated carbocycles. The first-order chi connectivity index (χ1) is 13.5. The highest BCUT2D eigenvalue weighted by atomic mass is 16.5. The summed E-state index contributed by atoms with van der Waals surface area (Å²) >= 11 is 0. The van der Waals surface area contributed by atoms with E-state index in [0.29, 0.717) is 17.9 Å². The predicted molar refractivity (Wildman–Crippen MR) is 110 cm³/mol. The lowest BCUT2D eigenvalue weighted by Gasteiger charge is -2.21. The van der Waals surface area contributed by atoms with E-state index in [2.05, 4.69) is 12.2 Å². The molecule has 0 spiro atoms. The Labute approximate surface area is 166 Å². The molecule has 2 aromatic carbocycles. The summed E-state index contributed by atoms with van der Waals surface area (Å²) in [4.78, 5) is 24.2. The second kappa shape index (κ2) is 11.1. The molecule has 2 N–H and O–H groups in total. The molecule has 2 rings (SSSR count). The van der Waals surface area contributed by atoms with Gasteiger partial charge < -0.3 is 15.2 Å². The lowest BCUT2D eigenvalue weighted by Crippen LogP contribution is -2.28. The number of aromatic carboxylic acids is 1. The van der Waals surface area contributed by atoms with Crippen molar-refractivity contribution >= 4 is 11.9 Å². The molecule has 5 nitrogen and oxygen atoms in total. The molecule has 0 aliphatic carbocycles. The SMILES string of the molecule is CCCCCCC(NC(=O)c1ccccc1)c1cc(OCC)cc(C(=O)O)c1. The average Bonchev–Trinajstić information content (AvgIpc) is 2.70. The van der Waals surface area contributed by atoms with Crippen LogP contribution in [-0.4, -0.2) is 23.6 Å². The summed E-state index contributed by atoms with van der Waals surface area (Å²) in [5.41, 5.74) is 1.50. The summed E-state index contributed by atoms with van der Waals surface area (Å²) < 4.78 is 5.54. The van der Waals surface area contributed by atoms with Gasteiger partial charge in [-0.05, 0) is 49.2 Å². The van der Waals surface area contributed by atoms with Gasteiger partial charge in [-0.3, -0.25) is 4.79 Å². The highest BCUT2D eigenvalue weighted by Crippen LogP contribution is 2.27. The molecule has 0 aromatic heterocycles. The van der Waals surface area contributed by atoms with Crippen LogP contribution in [0.25, 0.3) is 0 Å². The number of unbranched alkanes of at least 4 members (excludes halogenated alkanes) is 3. The zero-order valence-corrected chi connectivity index (χ0v) is 16.6. The van der Waals surface area contributed by atoms with Gasteiger partial charge in [-0.2, -0.15) is 0 Å². The molecule has 0 radical (unpaired) electrons. The molecule has 1 unspecified atom stereocenters. The molecule has 0 bridgehead atoms. The Balaban J connectivity index is 2.29. The van der Waals surface area contributed by atoms with E-state index in [1.54, 1.807) is 18.2 Å². The van der Waals surface area contributed by atoms with Gasteiger partial charge in [0.25, 0.3) is 5.91 Å². The molecule has 0 heterocycles. The largest absolute Gasteiger partial charge is 0.494 e. The second-order valence-corrected chi connectivity index (χ2v) is 6.77. The number of carboxylic acids is 1. The highest BCUT2D eigenvalue weighted by Gasteiger charge is 2.19. The predicted octanol–water partition coefficient (Wildman–Crippen LogP) is 5.23. The fourth-order valence-corrected chi connectivity index (χ4v) is 3.13.